The quantitative estimate of drug-likeness (QED) is 0.169. The van der Waals surface area contributed by atoms with Gasteiger partial charge < -0.3 is 19.5 Å². The fourth-order valence-corrected chi connectivity index (χ4v) is 2.62. The topological polar surface area (TPSA) is 117 Å². The van der Waals surface area contributed by atoms with Gasteiger partial charge in [-0.05, 0) is 22.4 Å². The third-order valence-electron chi connectivity index (χ3n) is 3.49. The summed E-state index contributed by atoms with van der Waals surface area (Å²) < 4.78 is 16.0. The van der Waals surface area contributed by atoms with E-state index in [4.69, 9.17) is 14.2 Å². The molecule has 1 aromatic rings. The number of nitro groups is 1. The van der Waals surface area contributed by atoms with Gasteiger partial charge in [0.15, 0.2) is 5.57 Å². The summed E-state index contributed by atoms with van der Waals surface area (Å²) in [5.74, 6) is -2.74. The molecule has 0 atom stereocenters. The lowest BCUT2D eigenvalue weighted by Crippen LogP contribution is -2.42. The summed E-state index contributed by atoms with van der Waals surface area (Å²) in [5.41, 5.74) is -0.618. The van der Waals surface area contributed by atoms with E-state index in [-0.39, 0.29) is 11.4 Å². The van der Waals surface area contributed by atoms with Crippen molar-refractivity contribution in [3.05, 3.63) is 38.5 Å². The van der Waals surface area contributed by atoms with Gasteiger partial charge in [-0.15, -0.1) is 0 Å². The Bertz CT molecular complexity index is 783. The van der Waals surface area contributed by atoms with Crippen LogP contribution in [0.2, 0.25) is 0 Å². The number of rotatable bonds is 7. The highest BCUT2D eigenvalue weighted by Gasteiger charge is 2.39. The molecule has 0 unspecified atom stereocenters. The maximum Gasteiger partial charge on any atom is 0.350 e. The van der Waals surface area contributed by atoms with Crippen molar-refractivity contribution in [1.29, 1.82) is 0 Å². The van der Waals surface area contributed by atoms with E-state index in [1.165, 1.54) is 26.0 Å². The molecule has 0 radical (unpaired) electrons. The fraction of sp³-hybridized carbons (Fsp3) is 0.412. The molecule has 1 aromatic carbocycles. The van der Waals surface area contributed by atoms with Crippen molar-refractivity contribution in [2.75, 3.05) is 11.9 Å². The number of ether oxygens (including phenoxy) is 3. The van der Waals surface area contributed by atoms with Gasteiger partial charge in [0.05, 0.1) is 16.0 Å². The number of nitro benzene ring substituents is 1. The summed E-state index contributed by atoms with van der Waals surface area (Å²) in [7, 11) is 0. The molecule has 1 N–H and O–H groups in total. The Morgan fingerprint density at radius 1 is 1.30 bits per heavy atom. The summed E-state index contributed by atoms with van der Waals surface area (Å²) in [4.78, 5) is 34.6. The molecule has 9 nitrogen and oxygen atoms in total. The molecule has 2 rings (SSSR count). The number of nitrogens with one attached hydrogen (secondary N) is 1. The number of unbranched alkanes of at least 4 members (excludes halogenated alkanes) is 1. The van der Waals surface area contributed by atoms with Crippen molar-refractivity contribution in [2.24, 2.45) is 0 Å². The molecule has 1 aliphatic heterocycles. The van der Waals surface area contributed by atoms with Gasteiger partial charge in [-0.25, -0.2) is 9.59 Å². The van der Waals surface area contributed by atoms with Crippen LogP contribution in [-0.2, 0) is 19.1 Å². The van der Waals surface area contributed by atoms with E-state index in [1.807, 2.05) is 6.92 Å². The van der Waals surface area contributed by atoms with Crippen LogP contribution in [0.4, 0.5) is 11.4 Å². The molecule has 0 aromatic heterocycles. The molecule has 0 saturated carbocycles. The summed E-state index contributed by atoms with van der Waals surface area (Å²) in [6.45, 7) is 5.30. The molecule has 0 spiro atoms. The highest BCUT2D eigenvalue weighted by molar-refractivity contribution is 9.10. The monoisotopic (exact) mass is 442 g/mol. The van der Waals surface area contributed by atoms with Crippen molar-refractivity contribution in [1.82, 2.24) is 0 Å². The van der Waals surface area contributed by atoms with Gasteiger partial charge in [0, 0.05) is 32.2 Å². The Morgan fingerprint density at radius 3 is 2.48 bits per heavy atom. The number of nitrogens with zero attached hydrogens (tertiary/aromatic N) is 1. The van der Waals surface area contributed by atoms with Crippen LogP contribution in [0.25, 0.3) is 0 Å². The van der Waals surface area contributed by atoms with E-state index in [9.17, 15) is 19.7 Å². The standard InChI is InChI=1S/C17H19BrN2O7/c1-4-5-6-25-14-8-12(13(20(23)24)7-11(14)18)19-9-10-15(21)26-17(2,3)27-16(10)22/h7-9,19H,4-6H2,1-3H3. The summed E-state index contributed by atoms with van der Waals surface area (Å²) in [6.07, 6.45) is 2.78. The molecule has 1 aliphatic rings. The van der Waals surface area contributed by atoms with Gasteiger partial charge in [-0.2, -0.15) is 0 Å². The largest absolute Gasteiger partial charge is 0.492 e. The van der Waals surface area contributed by atoms with Crippen LogP contribution in [0.15, 0.2) is 28.4 Å². The highest BCUT2D eigenvalue weighted by atomic mass is 79.9. The van der Waals surface area contributed by atoms with E-state index < -0.39 is 28.2 Å². The molecule has 27 heavy (non-hydrogen) atoms. The first kappa shape index (κ1) is 20.7. The van der Waals surface area contributed by atoms with Crippen LogP contribution < -0.4 is 10.1 Å². The van der Waals surface area contributed by atoms with Crippen LogP contribution in [-0.4, -0.2) is 29.3 Å². The minimum absolute atomic E-state index is 0.0487. The number of anilines is 1. The normalized spacial score (nSPS) is 15.6. The van der Waals surface area contributed by atoms with Crippen molar-refractivity contribution in [3.63, 3.8) is 0 Å². The van der Waals surface area contributed by atoms with Gasteiger partial charge in [0.2, 0.25) is 0 Å². The van der Waals surface area contributed by atoms with Crippen molar-refractivity contribution in [2.45, 2.75) is 39.4 Å². The first-order chi connectivity index (χ1) is 12.6. The molecule has 1 fully saturated rings. The molecule has 10 heteroatoms. The van der Waals surface area contributed by atoms with Gasteiger partial charge in [0.1, 0.15) is 11.4 Å². The lowest BCUT2D eigenvalue weighted by molar-refractivity contribution is -0.384. The zero-order valence-corrected chi connectivity index (χ0v) is 16.6. The van der Waals surface area contributed by atoms with Crippen LogP contribution in [0.1, 0.15) is 33.6 Å². The zero-order valence-electron chi connectivity index (χ0n) is 15.0. The Hall–Kier alpha value is -2.62. The van der Waals surface area contributed by atoms with Gasteiger partial charge >= 0.3 is 11.9 Å². The average molecular weight is 443 g/mol. The van der Waals surface area contributed by atoms with E-state index in [1.54, 1.807) is 0 Å². The number of hydrogen-bond acceptors (Lipinski definition) is 8. The minimum Gasteiger partial charge on any atom is -0.492 e. The van der Waals surface area contributed by atoms with E-state index >= 15 is 0 Å². The fourth-order valence-electron chi connectivity index (χ4n) is 2.18. The number of hydrogen-bond donors (Lipinski definition) is 1. The SMILES string of the molecule is CCCCOc1cc(NC=C2C(=O)OC(C)(C)OC2=O)c([N+](=O)[O-])cc1Br. The molecule has 146 valence electrons. The zero-order chi connectivity index (χ0) is 20.2. The van der Waals surface area contributed by atoms with Crippen molar-refractivity contribution in [3.8, 4) is 5.75 Å². The maximum absolute atomic E-state index is 12.0. The Kier molecular flexibility index (Phi) is 6.42. The number of cyclic esters (lactones) is 2. The maximum atomic E-state index is 12.0. The van der Waals surface area contributed by atoms with Crippen LogP contribution in [0.3, 0.4) is 0 Å². The average Bonchev–Trinajstić information content (AvgIpc) is 2.55. The molecular formula is C17H19BrN2O7. The molecule has 0 aliphatic carbocycles. The summed E-state index contributed by atoms with van der Waals surface area (Å²) >= 11 is 3.24. The third-order valence-corrected chi connectivity index (χ3v) is 4.11. The van der Waals surface area contributed by atoms with E-state index in [2.05, 4.69) is 21.2 Å². The number of benzene rings is 1. The predicted molar refractivity (Wildman–Crippen MR) is 99.2 cm³/mol. The first-order valence-electron chi connectivity index (χ1n) is 8.18. The second-order valence-electron chi connectivity index (χ2n) is 6.14. The van der Waals surface area contributed by atoms with Crippen LogP contribution in [0, 0.1) is 10.1 Å². The van der Waals surface area contributed by atoms with Gasteiger partial charge in [-0.3, -0.25) is 10.1 Å². The lowest BCUT2D eigenvalue weighted by atomic mass is 10.2. The van der Waals surface area contributed by atoms with E-state index in [0.717, 1.165) is 19.0 Å². The van der Waals surface area contributed by atoms with E-state index in [0.29, 0.717) is 16.8 Å². The predicted octanol–water partition coefficient (Wildman–Crippen LogP) is 3.67. The molecule has 1 saturated heterocycles. The smallest absolute Gasteiger partial charge is 0.350 e. The number of halogens is 1. The van der Waals surface area contributed by atoms with Crippen molar-refractivity contribution < 1.29 is 28.7 Å². The third kappa shape index (κ3) is 5.19. The van der Waals surface area contributed by atoms with Crippen LogP contribution in [0.5, 0.6) is 5.75 Å². The van der Waals surface area contributed by atoms with Gasteiger partial charge in [0.25, 0.3) is 11.5 Å². The Morgan fingerprint density at radius 2 is 1.93 bits per heavy atom. The number of carbonyl (C=O) groups excluding carboxylic acids is 2. The Labute approximate surface area is 163 Å². The first-order valence-corrected chi connectivity index (χ1v) is 8.98. The summed E-state index contributed by atoms with van der Waals surface area (Å²) in [6, 6.07) is 2.70. The number of esters is 2. The minimum atomic E-state index is -1.37. The summed E-state index contributed by atoms with van der Waals surface area (Å²) in [5, 5.41) is 13.9. The molecule has 0 bridgehead atoms. The highest BCUT2D eigenvalue weighted by Crippen LogP contribution is 2.36. The Balaban J connectivity index is 2.30. The molecule has 0 amide bonds. The lowest BCUT2D eigenvalue weighted by Gasteiger charge is -2.29. The van der Waals surface area contributed by atoms with Crippen LogP contribution >= 0.6 is 15.9 Å². The van der Waals surface area contributed by atoms with Crippen molar-refractivity contribution >= 4 is 39.2 Å². The number of carbonyl (C=O) groups is 2. The second-order valence-corrected chi connectivity index (χ2v) is 6.99. The molecular weight excluding hydrogens is 424 g/mol. The molecule has 1 heterocycles. The second kappa shape index (κ2) is 8.38. The van der Waals surface area contributed by atoms with Gasteiger partial charge in [-0.1, -0.05) is 13.3 Å².